The van der Waals surface area contributed by atoms with Gasteiger partial charge in [0.1, 0.15) is 0 Å². The Morgan fingerprint density at radius 2 is 1.80 bits per heavy atom. The van der Waals surface area contributed by atoms with Crippen LogP contribution in [0.25, 0.3) is 0 Å². The number of halogens is 1. The van der Waals surface area contributed by atoms with Crippen LogP contribution in [-0.4, -0.2) is 6.04 Å². The number of rotatable bonds is 9. The van der Waals surface area contributed by atoms with E-state index in [0.717, 1.165) is 10.9 Å². The number of hydrogen-bond acceptors (Lipinski definition) is 1. The molecule has 0 aromatic heterocycles. The molecule has 0 amide bonds. The smallest absolute Gasteiger partial charge is 0.0406 e. The molecule has 1 aliphatic carbocycles. The fourth-order valence-electron chi connectivity index (χ4n) is 2.97. The van der Waals surface area contributed by atoms with Crippen LogP contribution >= 0.6 is 11.6 Å². The Morgan fingerprint density at radius 1 is 1.10 bits per heavy atom. The Balaban J connectivity index is 2.01. The lowest BCUT2D eigenvalue weighted by molar-refractivity contribution is 0.360. The van der Waals surface area contributed by atoms with Gasteiger partial charge in [-0.3, -0.25) is 0 Å². The zero-order valence-corrected chi connectivity index (χ0v) is 13.6. The van der Waals surface area contributed by atoms with Crippen molar-refractivity contribution >= 4 is 11.6 Å². The third kappa shape index (κ3) is 4.79. The molecule has 1 nitrogen and oxygen atoms in total. The van der Waals surface area contributed by atoms with Crippen molar-refractivity contribution in [1.29, 1.82) is 0 Å². The van der Waals surface area contributed by atoms with Gasteiger partial charge < -0.3 is 5.32 Å². The highest BCUT2D eigenvalue weighted by Crippen LogP contribution is 2.41. The van der Waals surface area contributed by atoms with Gasteiger partial charge in [-0.2, -0.15) is 0 Å². The zero-order valence-electron chi connectivity index (χ0n) is 12.9. The van der Waals surface area contributed by atoms with Gasteiger partial charge in [-0.15, -0.1) is 0 Å². The molecular weight excluding hydrogens is 266 g/mol. The van der Waals surface area contributed by atoms with Crippen LogP contribution in [-0.2, 0) is 0 Å². The molecule has 2 atom stereocenters. The predicted molar refractivity (Wildman–Crippen MR) is 88.3 cm³/mol. The highest BCUT2D eigenvalue weighted by molar-refractivity contribution is 6.30. The van der Waals surface area contributed by atoms with Crippen LogP contribution in [0.5, 0.6) is 0 Å². The summed E-state index contributed by atoms with van der Waals surface area (Å²) in [4.78, 5) is 0. The van der Waals surface area contributed by atoms with Crippen molar-refractivity contribution < 1.29 is 0 Å². The minimum Gasteiger partial charge on any atom is -0.307 e. The summed E-state index contributed by atoms with van der Waals surface area (Å²) in [5, 5.41) is 4.78. The van der Waals surface area contributed by atoms with Crippen molar-refractivity contribution in [3.8, 4) is 0 Å². The normalized spacial score (nSPS) is 17.9. The average molecular weight is 294 g/mol. The first-order valence-electron chi connectivity index (χ1n) is 8.26. The largest absolute Gasteiger partial charge is 0.307 e. The van der Waals surface area contributed by atoms with Crippen LogP contribution in [0.4, 0.5) is 0 Å². The summed E-state index contributed by atoms with van der Waals surface area (Å²) in [6.07, 6.45) is 9.21. The van der Waals surface area contributed by atoms with E-state index in [0.29, 0.717) is 12.1 Å². The van der Waals surface area contributed by atoms with Crippen molar-refractivity contribution in [2.24, 2.45) is 5.92 Å². The quantitative estimate of drug-likeness (QED) is 0.612. The first kappa shape index (κ1) is 15.9. The summed E-state index contributed by atoms with van der Waals surface area (Å²) in [6.45, 7) is 4.57. The van der Waals surface area contributed by atoms with Gasteiger partial charge in [-0.25, -0.2) is 0 Å². The Hall–Kier alpha value is -0.530. The van der Waals surface area contributed by atoms with Gasteiger partial charge in [0.25, 0.3) is 0 Å². The third-order valence-electron chi connectivity index (χ3n) is 4.28. The lowest BCUT2D eigenvalue weighted by Crippen LogP contribution is -2.34. The van der Waals surface area contributed by atoms with E-state index in [-0.39, 0.29) is 0 Å². The molecule has 0 heterocycles. The molecule has 1 fully saturated rings. The maximum atomic E-state index is 6.02. The molecule has 112 valence electrons. The van der Waals surface area contributed by atoms with Crippen molar-refractivity contribution in [2.45, 2.75) is 70.9 Å². The summed E-state index contributed by atoms with van der Waals surface area (Å²) < 4.78 is 0. The Morgan fingerprint density at radius 3 is 2.35 bits per heavy atom. The van der Waals surface area contributed by atoms with Crippen molar-refractivity contribution in [2.75, 3.05) is 0 Å². The van der Waals surface area contributed by atoms with Gasteiger partial charge in [0.05, 0.1) is 0 Å². The second-order valence-corrected chi connectivity index (χ2v) is 6.60. The van der Waals surface area contributed by atoms with Crippen LogP contribution in [0.15, 0.2) is 24.3 Å². The molecule has 0 spiro atoms. The van der Waals surface area contributed by atoms with E-state index in [1.54, 1.807) is 0 Å². The minimum absolute atomic E-state index is 0.528. The van der Waals surface area contributed by atoms with Crippen molar-refractivity contribution in [3.63, 3.8) is 0 Å². The van der Waals surface area contributed by atoms with E-state index in [4.69, 9.17) is 11.6 Å². The predicted octanol–water partition coefficient (Wildman–Crippen LogP) is 5.74. The molecule has 2 unspecified atom stereocenters. The molecule has 2 rings (SSSR count). The molecule has 2 heteroatoms. The van der Waals surface area contributed by atoms with E-state index in [2.05, 4.69) is 31.3 Å². The summed E-state index contributed by atoms with van der Waals surface area (Å²) in [6, 6.07) is 9.63. The van der Waals surface area contributed by atoms with E-state index in [9.17, 15) is 0 Å². The monoisotopic (exact) mass is 293 g/mol. The van der Waals surface area contributed by atoms with Gasteiger partial charge in [0.2, 0.25) is 0 Å². The van der Waals surface area contributed by atoms with E-state index in [1.165, 1.54) is 50.5 Å². The van der Waals surface area contributed by atoms with Crippen molar-refractivity contribution in [1.82, 2.24) is 5.32 Å². The van der Waals surface area contributed by atoms with Gasteiger partial charge in [-0.05, 0) is 49.3 Å². The Bertz CT molecular complexity index is 383. The summed E-state index contributed by atoms with van der Waals surface area (Å²) in [5.41, 5.74) is 1.41. The van der Waals surface area contributed by atoms with E-state index < -0.39 is 0 Å². The fraction of sp³-hybridized carbons (Fsp3) is 0.667. The van der Waals surface area contributed by atoms with Crippen LogP contribution in [0, 0.1) is 5.92 Å². The average Bonchev–Trinajstić information content (AvgIpc) is 3.27. The molecule has 0 radical (unpaired) electrons. The van der Waals surface area contributed by atoms with Crippen LogP contribution in [0.1, 0.15) is 70.4 Å². The minimum atomic E-state index is 0.528. The SMILES string of the molecule is CCCCC(CCC)NC(c1ccc(Cl)cc1)C1CC1. The van der Waals surface area contributed by atoms with E-state index in [1.807, 2.05) is 12.1 Å². The molecule has 1 saturated carbocycles. The Labute approximate surface area is 129 Å². The number of unbranched alkanes of at least 4 members (excludes halogenated alkanes) is 1. The third-order valence-corrected chi connectivity index (χ3v) is 4.53. The van der Waals surface area contributed by atoms with Crippen LogP contribution in [0.2, 0.25) is 5.02 Å². The molecule has 0 saturated heterocycles. The second kappa shape index (κ2) is 8.05. The molecule has 0 aliphatic heterocycles. The highest BCUT2D eigenvalue weighted by atomic mass is 35.5. The standard InChI is InChI=1S/C18H28ClN/c1-3-5-7-17(6-4-2)20-18(14-8-9-14)15-10-12-16(19)13-11-15/h10-14,17-18,20H,3-9H2,1-2H3. The molecule has 1 aromatic carbocycles. The van der Waals surface area contributed by atoms with Gasteiger partial charge in [0.15, 0.2) is 0 Å². The first-order valence-corrected chi connectivity index (χ1v) is 8.63. The molecule has 0 bridgehead atoms. The summed E-state index contributed by atoms with van der Waals surface area (Å²) >= 11 is 6.02. The fourth-order valence-corrected chi connectivity index (χ4v) is 3.09. The first-order chi connectivity index (χ1) is 9.74. The molecule has 1 aromatic rings. The molecule has 1 aliphatic rings. The number of hydrogen-bond donors (Lipinski definition) is 1. The number of benzene rings is 1. The highest BCUT2D eigenvalue weighted by Gasteiger charge is 2.33. The molecular formula is C18H28ClN. The van der Waals surface area contributed by atoms with Gasteiger partial charge in [-0.1, -0.05) is 56.8 Å². The topological polar surface area (TPSA) is 12.0 Å². The lowest BCUT2D eigenvalue weighted by atomic mass is 9.98. The Kier molecular flexibility index (Phi) is 6.38. The second-order valence-electron chi connectivity index (χ2n) is 6.16. The maximum absolute atomic E-state index is 6.02. The van der Waals surface area contributed by atoms with Gasteiger partial charge >= 0.3 is 0 Å². The van der Waals surface area contributed by atoms with Crippen LogP contribution in [0.3, 0.4) is 0 Å². The van der Waals surface area contributed by atoms with Crippen LogP contribution < -0.4 is 5.32 Å². The zero-order chi connectivity index (χ0) is 14.4. The number of nitrogens with one attached hydrogen (secondary N) is 1. The lowest BCUT2D eigenvalue weighted by Gasteiger charge is -2.26. The summed E-state index contributed by atoms with van der Waals surface area (Å²) in [7, 11) is 0. The van der Waals surface area contributed by atoms with E-state index >= 15 is 0 Å². The van der Waals surface area contributed by atoms with Gasteiger partial charge in [0, 0.05) is 17.1 Å². The maximum Gasteiger partial charge on any atom is 0.0406 e. The molecule has 20 heavy (non-hydrogen) atoms. The molecule has 1 N–H and O–H groups in total. The summed E-state index contributed by atoms with van der Waals surface area (Å²) in [5.74, 6) is 0.831. The van der Waals surface area contributed by atoms with Crippen molar-refractivity contribution in [3.05, 3.63) is 34.9 Å².